The topological polar surface area (TPSA) is 56.7 Å². The molecule has 2 N–H and O–H groups in total. The van der Waals surface area contributed by atoms with Crippen LogP contribution < -0.4 is 5.73 Å². The second kappa shape index (κ2) is 3.84. The molecule has 4 nitrogen and oxygen atoms in total. The van der Waals surface area contributed by atoms with E-state index in [1.165, 1.54) is 0 Å². The van der Waals surface area contributed by atoms with E-state index in [9.17, 15) is 0 Å². The molecule has 0 aliphatic rings. The first kappa shape index (κ1) is 12.1. The van der Waals surface area contributed by atoms with E-state index >= 15 is 0 Å². The van der Waals surface area contributed by atoms with E-state index in [2.05, 4.69) is 30.9 Å². The lowest BCUT2D eigenvalue weighted by atomic mass is 9.98. The van der Waals surface area contributed by atoms with Crippen molar-refractivity contribution in [3.63, 3.8) is 0 Å². The molecule has 0 saturated carbocycles. The Labute approximate surface area is 105 Å². The molecule has 0 fully saturated rings. The summed E-state index contributed by atoms with van der Waals surface area (Å²) in [6, 6.07) is 0. The van der Waals surface area contributed by atoms with Crippen LogP contribution in [0.1, 0.15) is 31.5 Å². The Kier molecular flexibility index (Phi) is 2.73. The average Bonchev–Trinajstić information content (AvgIpc) is 2.72. The van der Waals surface area contributed by atoms with Gasteiger partial charge in [0.25, 0.3) is 0 Å². The minimum absolute atomic E-state index is 0.0349. The van der Waals surface area contributed by atoms with Crippen LogP contribution in [0.3, 0.4) is 0 Å². The number of anilines is 1. The number of nitrogens with zero attached hydrogens (tertiary/aromatic N) is 3. The maximum atomic E-state index is 6.07. The Morgan fingerprint density at radius 1 is 1.35 bits per heavy atom. The largest absolute Gasteiger partial charge is 0.389 e. The molecule has 2 heterocycles. The molecule has 17 heavy (non-hydrogen) atoms. The van der Waals surface area contributed by atoms with Crippen LogP contribution in [-0.2, 0) is 12.5 Å². The number of hydrogen-bond acceptors (Lipinski definition) is 4. The van der Waals surface area contributed by atoms with Crippen molar-refractivity contribution in [3.8, 4) is 11.3 Å². The number of aryl methyl sites for hydroxylation is 1. The van der Waals surface area contributed by atoms with Gasteiger partial charge in [-0.3, -0.25) is 4.68 Å². The van der Waals surface area contributed by atoms with Crippen molar-refractivity contribution in [2.75, 3.05) is 5.73 Å². The SMILES string of the molecule is Cc1c(-c2nc(C(C)(C)C)sc2N)cnn1C. The van der Waals surface area contributed by atoms with E-state index in [0.717, 1.165) is 27.0 Å². The fourth-order valence-electron chi connectivity index (χ4n) is 1.58. The highest BCUT2D eigenvalue weighted by Crippen LogP contribution is 2.36. The number of rotatable bonds is 1. The summed E-state index contributed by atoms with van der Waals surface area (Å²) in [5, 5.41) is 6.06. The molecule has 2 aromatic rings. The molecule has 2 rings (SSSR count). The van der Waals surface area contributed by atoms with Gasteiger partial charge in [0, 0.05) is 23.7 Å². The van der Waals surface area contributed by atoms with Crippen molar-refractivity contribution in [1.82, 2.24) is 14.8 Å². The lowest BCUT2D eigenvalue weighted by molar-refractivity contribution is 0.586. The fourth-order valence-corrected chi connectivity index (χ4v) is 2.48. The highest BCUT2D eigenvalue weighted by molar-refractivity contribution is 7.16. The Morgan fingerprint density at radius 3 is 2.41 bits per heavy atom. The quantitative estimate of drug-likeness (QED) is 0.846. The fraction of sp³-hybridized carbons (Fsp3) is 0.500. The van der Waals surface area contributed by atoms with E-state index in [1.807, 2.05) is 24.9 Å². The van der Waals surface area contributed by atoms with Crippen molar-refractivity contribution >= 4 is 16.3 Å². The van der Waals surface area contributed by atoms with Crippen LogP contribution in [0.5, 0.6) is 0 Å². The van der Waals surface area contributed by atoms with E-state index in [0.29, 0.717) is 0 Å². The van der Waals surface area contributed by atoms with Gasteiger partial charge in [-0.05, 0) is 6.92 Å². The zero-order valence-corrected chi connectivity index (χ0v) is 11.7. The highest BCUT2D eigenvalue weighted by Gasteiger charge is 2.22. The van der Waals surface area contributed by atoms with E-state index in [1.54, 1.807) is 11.3 Å². The first-order chi connectivity index (χ1) is 7.80. The van der Waals surface area contributed by atoms with Crippen LogP contribution >= 0.6 is 11.3 Å². The smallest absolute Gasteiger partial charge is 0.114 e. The minimum Gasteiger partial charge on any atom is -0.389 e. The van der Waals surface area contributed by atoms with Gasteiger partial charge in [0.15, 0.2) is 0 Å². The predicted octanol–water partition coefficient (Wildman–Crippen LogP) is 2.73. The van der Waals surface area contributed by atoms with Crippen LogP contribution in [0, 0.1) is 6.92 Å². The summed E-state index contributed by atoms with van der Waals surface area (Å²) in [6.45, 7) is 8.46. The number of nitrogens with two attached hydrogens (primary N) is 1. The first-order valence-corrected chi connectivity index (χ1v) is 6.38. The molecule has 0 bridgehead atoms. The van der Waals surface area contributed by atoms with Crippen molar-refractivity contribution in [3.05, 3.63) is 16.9 Å². The van der Waals surface area contributed by atoms with E-state index in [4.69, 9.17) is 5.73 Å². The number of hydrogen-bond donors (Lipinski definition) is 1. The molecular weight excluding hydrogens is 232 g/mol. The molecule has 92 valence electrons. The summed E-state index contributed by atoms with van der Waals surface area (Å²) in [6.07, 6.45) is 1.83. The average molecular weight is 250 g/mol. The van der Waals surface area contributed by atoms with Gasteiger partial charge in [0.1, 0.15) is 15.7 Å². The third kappa shape index (κ3) is 2.07. The molecule has 0 unspecified atom stereocenters. The molecule has 0 aliphatic heterocycles. The van der Waals surface area contributed by atoms with Crippen molar-refractivity contribution < 1.29 is 0 Å². The second-order valence-corrected chi connectivity index (χ2v) is 6.28. The Balaban J connectivity index is 2.54. The first-order valence-electron chi connectivity index (χ1n) is 5.56. The lowest BCUT2D eigenvalue weighted by Crippen LogP contribution is -2.10. The van der Waals surface area contributed by atoms with E-state index in [-0.39, 0.29) is 5.41 Å². The summed E-state index contributed by atoms with van der Waals surface area (Å²) >= 11 is 1.56. The summed E-state index contributed by atoms with van der Waals surface area (Å²) in [5.74, 6) is 0. The van der Waals surface area contributed by atoms with Crippen molar-refractivity contribution in [1.29, 1.82) is 0 Å². The third-order valence-corrected chi connectivity index (χ3v) is 4.10. The summed E-state index contributed by atoms with van der Waals surface area (Å²) in [5.41, 5.74) is 9.08. The van der Waals surface area contributed by atoms with Gasteiger partial charge in [-0.1, -0.05) is 20.8 Å². The van der Waals surface area contributed by atoms with Gasteiger partial charge < -0.3 is 5.73 Å². The molecule has 2 aromatic heterocycles. The Bertz CT molecular complexity index is 545. The van der Waals surface area contributed by atoms with Gasteiger partial charge in [-0.15, -0.1) is 11.3 Å². The molecular formula is C12H18N4S. The summed E-state index contributed by atoms with van der Waals surface area (Å²) in [4.78, 5) is 4.67. The molecule has 0 saturated heterocycles. The van der Waals surface area contributed by atoms with Crippen LogP contribution in [0.25, 0.3) is 11.3 Å². The van der Waals surface area contributed by atoms with Crippen LogP contribution in [0.15, 0.2) is 6.20 Å². The predicted molar refractivity (Wildman–Crippen MR) is 72.2 cm³/mol. The van der Waals surface area contributed by atoms with Crippen molar-refractivity contribution in [2.45, 2.75) is 33.1 Å². The minimum atomic E-state index is 0.0349. The summed E-state index contributed by atoms with van der Waals surface area (Å²) in [7, 11) is 1.92. The number of nitrogen functional groups attached to an aromatic ring is 1. The lowest BCUT2D eigenvalue weighted by Gasteiger charge is -2.13. The second-order valence-electron chi connectivity index (χ2n) is 5.25. The third-order valence-electron chi connectivity index (χ3n) is 2.79. The number of aromatic nitrogens is 3. The monoisotopic (exact) mass is 250 g/mol. The Morgan fingerprint density at radius 2 is 2.00 bits per heavy atom. The molecule has 0 aliphatic carbocycles. The van der Waals surface area contributed by atoms with Gasteiger partial charge in [0.05, 0.1) is 6.20 Å². The Hall–Kier alpha value is -1.36. The van der Waals surface area contributed by atoms with Crippen LogP contribution in [0.2, 0.25) is 0 Å². The zero-order chi connectivity index (χ0) is 12.8. The standard InChI is InChI=1S/C12H18N4S/c1-7-8(6-14-16(7)5)9-10(13)17-11(15-9)12(2,3)4/h6H,13H2,1-5H3. The van der Waals surface area contributed by atoms with Gasteiger partial charge in [-0.25, -0.2) is 4.98 Å². The maximum Gasteiger partial charge on any atom is 0.114 e. The van der Waals surface area contributed by atoms with Crippen LogP contribution in [0.4, 0.5) is 5.00 Å². The molecule has 5 heteroatoms. The van der Waals surface area contributed by atoms with Gasteiger partial charge in [-0.2, -0.15) is 5.10 Å². The highest BCUT2D eigenvalue weighted by atomic mass is 32.1. The van der Waals surface area contributed by atoms with Crippen LogP contribution in [-0.4, -0.2) is 14.8 Å². The van der Waals surface area contributed by atoms with E-state index < -0.39 is 0 Å². The zero-order valence-electron chi connectivity index (χ0n) is 10.9. The van der Waals surface area contributed by atoms with Crippen molar-refractivity contribution in [2.24, 2.45) is 7.05 Å². The number of thiazole rings is 1. The molecule has 0 atom stereocenters. The molecule has 0 amide bonds. The molecule has 0 radical (unpaired) electrons. The van der Waals surface area contributed by atoms with Gasteiger partial charge in [0.2, 0.25) is 0 Å². The summed E-state index contributed by atoms with van der Waals surface area (Å²) < 4.78 is 1.84. The van der Waals surface area contributed by atoms with Gasteiger partial charge >= 0.3 is 0 Å². The maximum absolute atomic E-state index is 6.07. The molecule has 0 spiro atoms. The molecule has 0 aromatic carbocycles. The normalized spacial score (nSPS) is 12.1.